The summed E-state index contributed by atoms with van der Waals surface area (Å²) in [5, 5.41) is 8.57. The number of likely N-dealkylation sites (tertiary alicyclic amines) is 1. The second kappa shape index (κ2) is 5.52. The van der Waals surface area contributed by atoms with E-state index in [1.54, 1.807) is 0 Å². The van der Waals surface area contributed by atoms with Gasteiger partial charge in [-0.05, 0) is 44.4 Å². The summed E-state index contributed by atoms with van der Waals surface area (Å²) in [5.74, 6) is 0.608. The molecule has 1 aliphatic heterocycles. The number of aliphatic carboxylic acids is 1. The van der Waals surface area contributed by atoms with Gasteiger partial charge < -0.3 is 10.0 Å². The van der Waals surface area contributed by atoms with Gasteiger partial charge in [-0.3, -0.25) is 9.59 Å². The Morgan fingerprint density at radius 1 is 1.12 bits per heavy atom. The quantitative estimate of drug-likeness (QED) is 0.797. The molecule has 0 aromatic rings. The summed E-state index contributed by atoms with van der Waals surface area (Å²) in [4.78, 5) is 24.2. The van der Waals surface area contributed by atoms with E-state index < -0.39 is 5.97 Å². The molecule has 1 N–H and O–H groups in total. The zero-order chi connectivity index (χ0) is 12.3. The first-order valence-electron chi connectivity index (χ1n) is 6.67. The number of carboxylic acids is 1. The monoisotopic (exact) mass is 239 g/mol. The molecule has 0 atom stereocenters. The van der Waals surface area contributed by atoms with Crippen LogP contribution in [0.4, 0.5) is 0 Å². The van der Waals surface area contributed by atoms with Gasteiger partial charge in [0.1, 0.15) is 0 Å². The van der Waals surface area contributed by atoms with E-state index in [0.717, 1.165) is 51.6 Å². The van der Waals surface area contributed by atoms with Crippen molar-refractivity contribution in [3.63, 3.8) is 0 Å². The van der Waals surface area contributed by atoms with Crippen molar-refractivity contribution in [2.45, 2.75) is 44.9 Å². The minimum Gasteiger partial charge on any atom is -0.481 e. The molecule has 4 heteroatoms. The Morgan fingerprint density at radius 2 is 1.76 bits per heavy atom. The average Bonchev–Trinajstić information content (AvgIpc) is 3.12. The summed E-state index contributed by atoms with van der Waals surface area (Å²) in [6.45, 7) is 1.76. The van der Waals surface area contributed by atoms with Crippen LogP contribution in [0, 0.1) is 11.8 Å². The van der Waals surface area contributed by atoms with Crippen LogP contribution in [0.15, 0.2) is 0 Å². The van der Waals surface area contributed by atoms with Crippen LogP contribution in [-0.2, 0) is 9.59 Å². The van der Waals surface area contributed by atoms with Crippen LogP contribution in [0.2, 0.25) is 0 Å². The molecule has 0 aromatic carbocycles. The Bertz CT molecular complexity index is 291. The van der Waals surface area contributed by atoms with Gasteiger partial charge in [0.15, 0.2) is 0 Å². The molecule has 4 nitrogen and oxygen atoms in total. The highest BCUT2D eigenvalue weighted by Gasteiger charge is 2.34. The molecule has 0 radical (unpaired) electrons. The first-order valence-corrected chi connectivity index (χ1v) is 6.67. The highest BCUT2D eigenvalue weighted by molar-refractivity contribution is 5.81. The van der Waals surface area contributed by atoms with E-state index in [9.17, 15) is 9.59 Å². The highest BCUT2D eigenvalue weighted by Crippen LogP contribution is 2.33. The number of carboxylic acid groups (broad SMARTS) is 1. The van der Waals surface area contributed by atoms with Gasteiger partial charge in [0, 0.05) is 25.4 Å². The van der Waals surface area contributed by atoms with Crippen LogP contribution in [-0.4, -0.2) is 35.0 Å². The Kier molecular flexibility index (Phi) is 4.02. The van der Waals surface area contributed by atoms with Gasteiger partial charge in [0.2, 0.25) is 5.91 Å². The maximum absolute atomic E-state index is 11.8. The minimum absolute atomic E-state index is 0.279. The lowest BCUT2D eigenvalue weighted by molar-refractivity contribution is -0.137. The summed E-state index contributed by atoms with van der Waals surface area (Å²) in [6.07, 6.45) is 6.32. The van der Waals surface area contributed by atoms with Gasteiger partial charge in [-0.2, -0.15) is 0 Å². The van der Waals surface area contributed by atoms with Crippen LogP contribution < -0.4 is 0 Å². The Hall–Kier alpha value is -1.06. The second-order valence-corrected chi connectivity index (χ2v) is 5.33. The number of hydrogen-bond acceptors (Lipinski definition) is 2. The summed E-state index contributed by atoms with van der Waals surface area (Å²) >= 11 is 0. The van der Waals surface area contributed by atoms with Crippen LogP contribution in [0.25, 0.3) is 0 Å². The smallest absolute Gasteiger partial charge is 0.303 e. The van der Waals surface area contributed by atoms with Crippen LogP contribution in [0.5, 0.6) is 0 Å². The molecule has 1 saturated carbocycles. The normalized spacial score (nSPS) is 21.5. The molecule has 2 aliphatic rings. The van der Waals surface area contributed by atoms with Crippen LogP contribution in [0.3, 0.4) is 0 Å². The van der Waals surface area contributed by atoms with Crippen molar-refractivity contribution in [1.82, 2.24) is 4.90 Å². The van der Waals surface area contributed by atoms with Crippen molar-refractivity contribution in [3.8, 4) is 0 Å². The van der Waals surface area contributed by atoms with Crippen molar-refractivity contribution in [2.24, 2.45) is 11.8 Å². The maximum Gasteiger partial charge on any atom is 0.303 e. The first kappa shape index (κ1) is 12.4. The van der Waals surface area contributed by atoms with Crippen molar-refractivity contribution in [2.75, 3.05) is 13.1 Å². The fourth-order valence-electron chi connectivity index (χ4n) is 2.57. The van der Waals surface area contributed by atoms with Gasteiger partial charge in [-0.25, -0.2) is 0 Å². The van der Waals surface area contributed by atoms with Crippen LogP contribution in [0.1, 0.15) is 44.9 Å². The number of hydrogen-bond donors (Lipinski definition) is 1. The van der Waals surface area contributed by atoms with Gasteiger partial charge in [0.25, 0.3) is 0 Å². The van der Waals surface area contributed by atoms with E-state index in [2.05, 4.69) is 0 Å². The van der Waals surface area contributed by atoms with E-state index in [-0.39, 0.29) is 6.42 Å². The molecule has 0 bridgehead atoms. The third-order valence-corrected chi connectivity index (χ3v) is 3.86. The lowest BCUT2D eigenvalue weighted by atomic mass is 9.91. The number of carbonyl (C=O) groups excluding carboxylic acids is 1. The fourth-order valence-corrected chi connectivity index (χ4v) is 2.57. The summed E-state index contributed by atoms with van der Waals surface area (Å²) in [7, 11) is 0. The van der Waals surface area contributed by atoms with E-state index in [1.165, 1.54) is 0 Å². The topological polar surface area (TPSA) is 57.6 Å². The van der Waals surface area contributed by atoms with Gasteiger partial charge in [-0.15, -0.1) is 0 Å². The van der Waals surface area contributed by atoms with Crippen molar-refractivity contribution < 1.29 is 14.7 Å². The molecular weight excluding hydrogens is 218 g/mol. The lowest BCUT2D eigenvalue weighted by Gasteiger charge is -2.32. The number of nitrogens with zero attached hydrogens (tertiary/aromatic N) is 1. The molecule has 17 heavy (non-hydrogen) atoms. The largest absolute Gasteiger partial charge is 0.481 e. The first-order chi connectivity index (χ1) is 8.16. The van der Waals surface area contributed by atoms with Gasteiger partial charge >= 0.3 is 5.97 Å². The van der Waals surface area contributed by atoms with E-state index in [4.69, 9.17) is 5.11 Å². The second-order valence-electron chi connectivity index (χ2n) is 5.33. The summed E-state index contributed by atoms with van der Waals surface area (Å²) in [5.41, 5.74) is 0. The van der Waals surface area contributed by atoms with E-state index in [1.807, 2.05) is 4.90 Å². The number of rotatable bonds is 5. The maximum atomic E-state index is 11.8. The molecule has 2 rings (SSSR count). The SMILES string of the molecule is O=C(O)CCCC1CCN(C(=O)C2CC2)CC1. The zero-order valence-electron chi connectivity index (χ0n) is 10.2. The predicted molar refractivity (Wildman–Crippen MR) is 63.5 cm³/mol. The minimum atomic E-state index is -0.702. The van der Waals surface area contributed by atoms with Crippen molar-refractivity contribution in [1.29, 1.82) is 0 Å². The third kappa shape index (κ3) is 3.72. The van der Waals surface area contributed by atoms with Gasteiger partial charge in [0.05, 0.1) is 0 Å². The number of carbonyl (C=O) groups is 2. The summed E-state index contributed by atoms with van der Waals surface area (Å²) < 4.78 is 0. The van der Waals surface area contributed by atoms with Gasteiger partial charge in [-0.1, -0.05) is 0 Å². The van der Waals surface area contributed by atoms with E-state index >= 15 is 0 Å². The standard InChI is InChI=1S/C13H21NO3/c15-12(16)3-1-2-10-6-8-14(9-7-10)13(17)11-4-5-11/h10-11H,1-9H2,(H,15,16). The van der Waals surface area contributed by atoms with Crippen molar-refractivity contribution in [3.05, 3.63) is 0 Å². The third-order valence-electron chi connectivity index (χ3n) is 3.86. The number of amides is 1. The molecule has 0 spiro atoms. The van der Waals surface area contributed by atoms with E-state index in [0.29, 0.717) is 17.7 Å². The summed E-state index contributed by atoms with van der Waals surface area (Å²) in [6, 6.07) is 0. The highest BCUT2D eigenvalue weighted by atomic mass is 16.4. The number of piperidine rings is 1. The Labute approximate surface area is 102 Å². The molecule has 1 aliphatic carbocycles. The molecule has 2 fully saturated rings. The van der Waals surface area contributed by atoms with Crippen LogP contribution >= 0.6 is 0 Å². The lowest BCUT2D eigenvalue weighted by Crippen LogP contribution is -2.39. The molecule has 0 aromatic heterocycles. The molecular formula is C13H21NO3. The molecule has 96 valence electrons. The molecule has 1 saturated heterocycles. The zero-order valence-corrected chi connectivity index (χ0v) is 10.2. The fraction of sp³-hybridized carbons (Fsp3) is 0.846. The Balaban J connectivity index is 1.63. The molecule has 0 unspecified atom stereocenters. The van der Waals surface area contributed by atoms with Crippen molar-refractivity contribution >= 4 is 11.9 Å². The Morgan fingerprint density at radius 3 is 2.29 bits per heavy atom. The predicted octanol–water partition coefficient (Wildman–Crippen LogP) is 1.89. The molecule has 1 amide bonds. The average molecular weight is 239 g/mol. The molecule has 1 heterocycles.